The number of allylic oxidation sites excluding steroid dienone is 6. The van der Waals surface area contributed by atoms with E-state index in [1.807, 2.05) is 6.08 Å². The molecule has 0 aromatic heterocycles. The van der Waals surface area contributed by atoms with Crippen molar-refractivity contribution in [3.05, 3.63) is 35.5 Å². The Hall–Kier alpha value is -1.22. The largest absolute Gasteiger partial charge is 0.115 e. The molecular formula is C11H12. The molecule has 0 amide bonds. The highest BCUT2D eigenvalue weighted by atomic mass is 14.0. The molecule has 1 aliphatic carbocycles. The van der Waals surface area contributed by atoms with E-state index in [0.717, 1.165) is 0 Å². The molecule has 0 aliphatic heterocycles. The first-order valence-electron chi connectivity index (χ1n) is 3.83. The average Bonchev–Trinajstić information content (AvgIpc) is 2.03. The lowest BCUT2D eigenvalue weighted by Crippen LogP contribution is -1.87. The summed E-state index contributed by atoms with van der Waals surface area (Å²) in [5.41, 5.74) is 2.70. The summed E-state index contributed by atoms with van der Waals surface area (Å²) in [5.74, 6) is 2.49. The molecule has 11 heavy (non-hydrogen) atoms. The van der Waals surface area contributed by atoms with Crippen molar-refractivity contribution in [3.63, 3.8) is 0 Å². The summed E-state index contributed by atoms with van der Waals surface area (Å²) in [6.45, 7) is 2.15. The Morgan fingerprint density at radius 2 is 2.45 bits per heavy atom. The van der Waals surface area contributed by atoms with Gasteiger partial charge in [0.15, 0.2) is 0 Å². The summed E-state index contributed by atoms with van der Waals surface area (Å²) in [4.78, 5) is 0. The van der Waals surface area contributed by atoms with E-state index in [2.05, 4.69) is 25.0 Å². The van der Waals surface area contributed by atoms with Crippen molar-refractivity contribution < 1.29 is 0 Å². The van der Waals surface area contributed by atoms with Crippen LogP contribution in [-0.4, -0.2) is 0 Å². The number of terminal acetylenes is 1. The maximum atomic E-state index is 5.11. The van der Waals surface area contributed by atoms with E-state index in [4.69, 9.17) is 6.42 Å². The Morgan fingerprint density at radius 3 is 3.09 bits per heavy atom. The molecule has 0 aromatic rings. The fourth-order valence-electron chi connectivity index (χ4n) is 1.13. The lowest BCUT2D eigenvalue weighted by molar-refractivity contribution is 0.948. The number of rotatable bonds is 1. The first kappa shape index (κ1) is 7.88. The quantitative estimate of drug-likeness (QED) is 0.496. The summed E-state index contributed by atoms with van der Waals surface area (Å²) < 4.78 is 0. The molecule has 0 saturated carbocycles. The van der Waals surface area contributed by atoms with Crippen molar-refractivity contribution >= 4 is 0 Å². The molecule has 0 aromatic carbocycles. The van der Waals surface area contributed by atoms with E-state index in [9.17, 15) is 0 Å². The van der Waals surface area contributed by atoms with Gasteiger partial charge >= 0.3 is 0 Å². The van der Waals surface area contributed by atoms with Crippen LogP contribution in [0.4, 0.5) is 0 Å². The highest BCUT2D eigenvalue weighted by Gasteiger charge is 1.98. The van der Waals surface area contributed by atoms with Gasteiger partial charge in [0.2, 0.25) is 0 Å². The second-order valence-electron chi connectivity index (χ2n) is 2.68. The molecule has 0 N–H and O–H groups in total. The monoisotopic (exact) mass is 144 g/mol. The maximum absolute atomic E-state index is 5.11. The number of hydrogen-bond acceptors (Lipinski definition) is 0. The molecule has 1 rings (SSSR count). The third kappa shape index (κ3) is 2.13. The molecular weight excluding hydrogens is 132 g/mol. The van der Waals surface area contributed by atoms with E-state index < -0.39 is 0 Å². The van der Waals surface area contributed by atoms with Gasteiger partial charge in [-0.3, -0.25) is 0 Å². The molecule has 0 nitrogen and oxygen atoms in total. The fraction of sp³-hybridized carbons (Fsp3) is 0.273. The smallest absolute Gasteiger partial charge is 0.0116 e. The lowest BCUT2D eigenvalue weighted by atomic mass is 9.99. The summed E-state index contributed by atoms with van der Waals surface area (Å²) in [5, 5.41) is 0. The van der Waals surface area contributed by atoms with Crippen molar-refractivity contribution in [1.29, 1.82) is 0 Å². The Bertz CT molecular complexity index is 256. The van der Waals surface area contributed by atoms with Gasteiger partial charge in [-0.05, 0) is 37.5 Å². The molecule has 1 aliphatic rings. The molecule has 0 radical (unpaired) electrons. The van der Waals surface area contributed by atoms with Crippen molar-refractivity contribution in [2.24, 2.45) is 0 Å². The summed E-state index contributed by atoms with van der Waals surface area (Å²) in [6, 6.07) is 0. The molecule has 0 atom stereocenters. The van der Waals surface area contributed by atoms with Crippen LogP contribution >= 0.6 is 0 Å². The van der Waals surface area contributed by atoms with Gasteiger partial charge in [-0.25, -0.2) is 0 Å². The van der Waals surface area contributed by atoms with E-state index in [-0.39, 0.29) is 0 Å². The Balaban J connectivity index is 2.78. The van der Waals surface area contributed by atoms with Crippen molar-refractivity contribution in [2.45, 2.75) is 19.8 Å². The van der Waals surface area contributed by atoms with Crippen LogP contribution in [0.5, 0.6) is 0 Å². The van der Waals surface area contributed by atoms with E-state index in [1.54, 1.807) is 6.08 Å². The minimum atomic E-state index is 1.17. The molecule has 0 spiro atoms. The predicted octanol–water partition coefficient (Wildman–Crippen LogP) is 2.84. The van der Waals surface area contributed by atoms with Crippen LogP contribution in [0.25, 0.3) is 0 Å². The molecule has 0 saturated heterocycles. The van der Waals surface area contributed by atoms with E-state index >= 15 is 0 Å². The van der Waals surface area contributed by atoms with Gasteiger partial charge in [-0.15, -0.1) is 6.42 Å². The minimum absolute atomic E-state index is 1.17. The zero-order chi connectivity index (χ0) is 8.10. The van der Waals surface area contributed by atoms with Gasteiger partial charge in [0.25, 0.3) is 0 Å². The fourth-order valence-corrected chi connectivity index (χ4v) is 1.13. The minimum Gasteiger partial charge on any atom is -0.115 e. The average molecular weight is 144 g/mol. The molecule has 0 heterocycles. The Morgan fingerprint density at radius 1 is 1.64 bits per heavy atom. The SMILES string of the molecule is C#C/C=C\C1=C(C)CCC=C1. The van der Waals surface area contributed by atoms with E-state index in [1.165, 1.54) is 24.0 Å². The first-order chi connectivity index (χ1) is 5.34. The highest BCUT2D eigenvalue weighted by Crippen LogP contribution is 2.18. The topological polar surface area (TPSA) is 0 Å². The zero-order valence-corrected chi connectivity index (χ0v) is 6.80. The van der Waals surface area contributed by atoms with Crippen LogP contribution in [0.15, 0.2) is 35.5 Å². The van der Waals surface area contributed by atoms with Crippen LogP contribution in [0.2, 0.25) is 0 Å². The van der Waals surface area contributed by atoms with Gasteiger partial charge in [0.05, 0.1) is 0 Å². The molecule has 0 fully saturated rings. The van der Waals surface area contributed by atoms with Crippen molar-refractivity contribution in [2.75, 3.05) is 0 Å². The number of hydrogen-bond donors (Lipinski definition) is 0. The van der Waals surface area contributed by atoms with Crippen LogP contribution in [0.3, 0.4) is 0 Å². The molecule has 0 bridgehead atoms. The van der Waals surface area contributed by atoms with Gasteiger partial charge in [0, 0.05) is 0 Å². The molecule has 0 heteroatoms. The van der Waals surface area contributed by atoms with Crippen LogP contribution in [0, 0.1) is 12.3 Å². The van der Waals surface area contributed by atoms with Gasteiger partial charge in [-0.1, -0.05) is 23.6 Å². The molecule has 0 unspecified atom stereocenters. The highest BCUT2D eigenvalue weighted by molar-refractivity contribution is 5.39. The van der Waals surface area contributed by atoms with Gasteiger partial charge in [0.1, 0.15) is 0 Å². The third-order valence-electron chi connectivity index (χ3n) is 1.84. The van der Waals surface area contributed by atoms with Gasteiger partial charge < -0.3 is 0 Å². The lowest BCUT2D eigenvalue weighted by Gasteiger charge is -2.07. The van der Waals surface area contributed by atoms with Crippen molar-refractivity contribution in [1.82, 2.24) is 0 Å². The Labute approximate surface area is 68.3 Å². The molecule has 56 valence electrons. The normalized spacial score (nSPS) is 17.5. The van der Waals surface area contributed by atoms with E-state index in [0.29, 0.717) is 0 Å². The van der Waals surface area contributed by atoms with Crippen LogP contribution < -0.4 is 0 Å². The third-order valence-corrected chi connectivity index (χ3v) is 1.84. The maximum Gasteiger partial charge on any atom is -0.0116 e. The van der Waals surface area contributed by atoms with Crippen LogP contribution in [0.1, 0.15) is 19.8 Å². The summed E-state index contributed by atoms with van der Waals surface area (Å²) in [7, 11) is 0. The second kappa shape index (κ2) is 3.83. The standard InChI is InChI=1S/C11H12/c1-3-4-8-11-9-6-5-7-10(11)2/h1,4,6,8-9H,5,7H2,2H3/b8-4-. The first-order valence-corrected chi connectivity index (χ1v) is 3.83. The van der Waals surface area contributed by atoms with Crippen LogP contribution in [-0.2, 0) is 0 Å². The predicted molar refractivity (Wildman–Crippen MR) is 49.0 cm³/mol. The summed E-state index contributed by atoms with van der Waals surface area (Å²) in [6.07, 6.45) is 15.5. The Kier molecular flexibility index (Phi) is 2.74. The zero-order valence-electron chi connectivity index (χ0n) is 6.80. The second-order valence-corrected chi connectivity index (χ2v) is 2.68. The van der Waals surface area contributed by atoms with Gasteiger partial charge in [-0.2, -0.15) is 0 Å². The van der Waals surface area contributed by atoms with Crippen molar-refractivity contribution in [3.8, 4) is 12.3 Å². The summed E-state index contributed by atoms with van der Waals surface area (Å²) >= 11 is 0.